The molecule has 10 nitrogen and oxygen atoms in total. The van der Waals surface area contributed by atoms with Gasteiger partial charge in [-0.2, -0.15) is 10.2 Å². The lowest BCUT2D eigenvalue weighted by atomic mass is 10.2. The van der Waals surface area contributed by atoms with Crippen LogP contribution < -0.4 is 10.6 Å². The van der Waals surface area contributed by atoms with Crippen LogP contribution in [0.3, 0.4) is 0 Å². The Morgan fingerprint density at radius 3 is 2.63 bits per heavy atom. The number of sulfonamides is 1. The minimum atomic E-state index is -4.07. The molecule has 0 aliphatic carbocycles. The van der Waals surface area contributed by atoms with E-state index in [1.165, 1.54) is 12.3 Å². The molecule has 3 N–H and O–H groups in total. The standard InChI is InChI=1S/C18H17ClN6O4S/c1-12-15(18(19)24(23-12)11-13-5-3-2-4-6-13)10-21-22-16-8-7-14(30(20,28)29)9-17(16)25(26)27/h2-10,22H,11H2,1H3,(H2,20,28,29)/b21-10+. The highest BCUT2D eigenvalue weighted by atomic mass is 35.5. The number of nitro groups is 1. The molecular formula is C18H17ClN6O4S. The molecule has 156 valence electrons. The second-order valence-corrected chi connectivity index (χ2v) is 8.20. The highest BCUT2D eigenvalue weighted by Gasteiger charge is 2.19. The van der Waals surface area contributed by atoms with Gasteiger partial charge in [-0.3, -0.25) is 15.5 Å². The third kappa shape index (κ3) is 4.82. The molecular weight excluding hydrogens is 432 g/mol. The van der Waals surface area contributed by atoms with E-state index in [0.29, 0.717) is 23.0 Å². The van der Waals surface area contributed by atoms with Crippen molar-refractivity contribution in [1.29, 1.82) is 0 Å². The van der Waals surface area contributed by atoms with Crippen LogP contribution in [-0.2, 0) is 16.6 Å². The average Bonchev–Trinajstić information content (AvgIpc) is 2.95. The summed E-state index contributed by atoms with van der Waals surface area (Å²) in [6, 6.07) is 12.9. The fraction of sp³-hybridized carbons (Fsp3) is 0.111. The van der Waals surface area contributed by atoms with Crippen molar-refractivity contribution in [2.24, 2.45) is 10.2 Å². The molecule has 0 spiro atoms. The average molecular weight is 449 g/mol. The summed E-state index contributed by atoms with van der Waals surface area (Å²) in [4.78, 5) is 10.2. The number of nitrogens with zero attached hydrogens (tertiary/aromatic N) is 4. The molecule has 0 aliphatic rings. The van der Waals surface area contributed by atoms with Crippen LogP contribution in [0.15, 0.2) is 58.5 Å². The van der Waals surface area contributed by atoms with Crippen molar-refractivity contribution >= 4 is 39.2 Å². The van der Waals surface area contributed by atoms with Crippen LogP contribution in [0.5, 0.6) is 0 Å². The van der Waals surface area contributed by atoms with Gasteiger partial charge in [-0.15, -0.1) is 0 Å². The smallest absolute Gasteiger partial charge is 0.272 e. The molecule has 0 unspecified atom stereocenters. The summed E-state index contributed by atoms with van der Waals surface area (Å²) < 4.78 is 24.4. The molecule has 3 aromatic rings. The van der Waals surface area contributed by atoms with Gasteiger partial charge in [0.25, 0.3) is 5.69 Å². The highest BCUT2D eigenvalue weighted by Crippen LogP contribution is 2.27. The van der Waals surface area contributed by atoms with Crippen molar-refractivity contribution in [2.45, 2.75) is 18.4 Å². The van der Waals surface area contributed by atoms with Gasteiger partial charge in [0.15, 0.2) is 0 Å². The fourth-order valence-electron chi connectivity index (χ4n) is 2.68. The number of aryl methyl sites for hydroxylation is 1. The summed E-state index contributed by atoms with van der Waals surface area (Å²) in [5.41, 5.74) is 4.23. The van der Waals surface area contributed by atoms with Crippen LogP contribution in [0.2, 0.25) is 5.15 Å². The molecule has 1 aromatic heterocycles. The molecule has 2 aromatic carbocycles. The second kappa shape index (κ2) is 8.61. The quantitative estimate of drug-likeness (QED) is 0.323. The largest absolute Gasteiger partial charge is 0.295 e. The van der Waals surface area contributed by atoms with E-state index in [2.05, 4.69) is 15.6 Å². The molecule has 1 heterocycles. The molecule has 0 amide bonds. The van der Waals surface area contributed by atoms with Crippen molar-refractivity contribution < 1.29 is 13.3 Å². The summed E-state index contributed by atoms with van der Waals surface area (Å²) in [7, 11) is -4.07. The van der Waals surface area contributed by atoms with Gasteiger partial charge in [0.05, 0.1) is 33.8 Å². The van der Waals surface area contributed by atoms with Gasteiger partial charge < -0.3 is 0 Å². The topological polar surface area (TPSA) is 146 Å². The predicted octanol–water partition coefficient (Wildman–Crippen LogP) is 2.89. The Kier molecular flexibility index (Phi) is 6.15. The number of hydrogen-bond donors (Lipinski definition) is 2. The van der Waals surface area contributed by atoms with E-state index in [4.69, 9.17) is 16.7 Å². The number of nitrogens with two attached hydrogens (primary N) is 1. The summed E-state index contributed by atoms with van der Waals surface area (Å²) in [5, 5.41) is 25.0. The number of nitro benzene ring substituents is 1. The number of hydrazone groups is 1. The van der Waals surface area contributed by atoms with E-state index in [0.717, 1.165) is 17.7 Å². The van der Waals surface area contributed by atoms with E-state index in [9.17, 15) is 18.5 Å². The molecule has 0 atom stereocenters. The van der Waals surface area contributed by atoms with Gasteiger partial charge in [0.1, 0.15) is 10.8 Å². The van der Waals surface area contributed by atoms with E-state index < -0.39 is 20.6 Å². The molecule has 30 heavy (non-hydrogen) atoms. The zero-order valence-electron chi connectivity index (χ0n) is 15.7. The Morgan fingerprint density at radius 2 is 2.00 bits per heavy atom. The molecule has 3 rings (SSSR count). The third-order valence-corrected chi connectivity index (χ3v) is 5.47. The van der Waals surface area contributed by atoms with Gasteiger partial charge in [-0.1, -0.05) is 41.9 Å². The second-order valence-electron chi connectivity index (χ2n) is 6.28. The molecule has 0 bridgehead atoms. The number of rotatable bonds is 7. The van der Waals surface area contributed by atoms with Crippen LogP contribution in [0, 0.1) is 17.0 Å². The maximum absolute atomic E-state index is 11.4. The van der Waals surface area contributed by atoms with Crippen LogP contribution in [0.1, 0.15) is 16.8 Å². The lowest BCUT2D eigenvalue weighted by Gasteiger charge is -2.04. The molecule has 0 saturated carbocycles. The van der Waals surface area contributed by atoms with E-state index in [1.54, 1.807) is 11.6 Å². The van der Waals surface area contributed by atoms with Crippen molar-refractivity contribution in [3.8, 4) is 0 Å². The van der Waals surface area contributed by atoms with Gasteiger partial charge in [0, 0.05) is 6.07 Å². The zero-order chi connectivity index (χ0) is 21.9. The Morgan fingerprint density at radius 1 is 1.30 bits per heavy atom. The molecule has 0 saturated heterocycles. The number of halogens is 1. The summed E-state index contributed by atoms with van der Waals surface area (Å²) in [5.74, 6) is 0. The SMILES string of the molecule is Cc1nn(Cc2ccccc2)c(Cl)c1/C=N/Nc1ccc(S(N)(=O)=O)cc1[N+](=O)[O-]. The molecule has 0 aliphatic heterocycles. The summed E-state index contributed by atoms with van der Waals surface area (Å²) in [6.07, 6.45) is 1.39. The third-order valence-electron chi connectivity index (χ3n) is 4.16. The Balaban J connectivity index is 1.83. The van der Waals surface area contributed by atoms with Crippen molar-refractivity contribution in [3.05, 3.63) is 80.6 Å². The number of primary sulfonamides is 1. The number of aromatic nitrogens is 2. The van der Waals surface area contributed by atoms with Gasteiger partial charge in [-0.05, 0) is 24.6 Å². The minimum absolute atomic E-state index is 0.00546. The first-order valence-corrected chi connectivity index (χ1v) is 10.5. The lowest BCUT2D eigenvalue weighted by molar-refractivity contribution is -0.384. The molecule has 0 radical (unpaired) electrons. The van der Waals surface area contributed by atoms with Gasteiger partial charge >= 0.3 is 0 Å². The van der Waals surface area contributed by atoms with Crippen LogP contribution in [0.25, 0.3) is 0 Å². The van der Waals surface area contributed by atoms with E-state index in [-0.39, 0.29) is 10.6 Å². The first-order chi connectivity index (χ1) is 14.2. The Bertz CT molecular complexity index is 1220. The lowest BCUT2D eigenvalue weighted by Crippen LogP contribution is -2.12. The minimum Gasteiger partial charge on any atom is -0.272 e. The zero-order valence-corrected chi connectivity index (χ0v) is 17.3. The number of nitrogens with one attached hydrogen (secondary N) is 1. The maximum Gasteiger partial charge on any atom is 0.295 e. The molecule has 12 heteroatoms. The number of hydrogen-bond acceptors (Lipinski definition) is 7. The summed E-state index contributed by atoms with van der Waals surface area (Å²) >= 11 is 6.41. The fourth-order valence-corrected chi connectivity index (χ4v) is 3.49. The van der Waals surface area contributed by atoms with Crippen molar-refractivity contribution in [1.82, 2.24) is 9.78 Å². The van der Waals surface area contributed by atoms with Gasteiger partial charge in [-0.25, -0.2) is 18.2 Å². The first kappa shape index (κ1) is 21.4. The van der Waals surface area contributed by atoms with Crippen LogP contribution in [0.4, 0.5) is 11.4 Å². The van der Waals surface area contributed by atoms with Crippen LogP contribution in [-0.4, -0.2) is 29.3 Å². The van der Waals surface area contributed by atoms with Crippen LogP contribution >= 0.6 is 11.6 Å². The first-order valence-electron chi connectivity index (χ1n) is 8.54. The predicted molar refractivity (Wildman–Crippen MR) is 113 cm³/mol. The summed E-state index contributed by atoms with van der Waals surface area (Å²) in [6.45, 7) is 2.24. The van der Waals surface area contributed by atoms with Crippen molar-refractivity contribution in [2.75, 3.05) is 5.43 Å². The normalized spacial score (nSPS) is 11.7. The van der Waals surface area contributed by atoms with Crippen molar-refractivity contribution in [3.63, 3.8) is 0 Å². The maximum atomic E-state index is 11.4. The monoisotopic (exact) mass is 448 g/mol. The highest BCUT2D eigenvalue weighted by molar-refractivity contribution is 7.89. The number of benzene rings is 2. The van der Waals surface area contributed by atoms with Gasteiger partial charge in [0.2, 0.25) is 10.0 Å². The van der Waals surface area contributed by atoms with E-state index >= 15 is 0 Å². The Hall–Kier alpha value is -3.28. The molecule has 0 fully saturated rings. The van der Waals surface area contributed by atoms with E-state index in [1.807, 2.05) is 30.3 Å². The Labute approximate surface area is 177 Å². The number of anilines is 1.